The van der Waals surface area contributed by atoms with E-state index >= 15 is 0 Å². The quantitative estimate of drug-likeness (QED) is 0.442. The first-order valence-corrected chi connectivity index (χ1v) is 13.4. The van der Waals surface area contributed by atoms with Crippen molar-refractivity contribution in [3.63, 3.8) is 0 Å². The Morgan fingerprint density at radius 2 is 1.53 bits per heavy atom. The molecule has 6 heteroatoms. The van der Waals surface area contributed by atoms with Crippen molar-refractivity contribution in [2.75, 3.05) is 26.0 Å². The van der Waals surface area contributed by atoms with Crippen molar-refractivity contribution in [2.24, 2.45) is 5.92 Å². The SMILES string of the molecule is COc1ccccc1CC(=N)N1C[C@@H]2[C@H](C1)C(c1ccccc1)(c1ccccc1)CCS2(=O)=O. The molecule has 0 radical (unpaired) electrons. The standard InChI is InChI=1S/C28H30N2O3S/c1-33-25-15-9-8-10-21(25)18-27(29)30-19-24-26(20-30)34(31,32)17-16-28(24,22-11-4-2-5-12-22)23-13-6-3-7-14-23/h2-15,24,26,29H,16-20H2,1H3/t24-,26+/m0/s1. The third-order valence-electron chi connectivity index (χ3n) is 7.65. The Hall–Kier alpha value is -3.12. The minimum atomic E-state index is -3.26. The molecule has 1 N–H and O–H groups in total. The Bertz CT molecular complexity index is 1240. The highest BCUT2D eigenvalue weighted by Crippen LogP contribution is 2.51. The van der Waals surface area contributed by atoms with Crippen LogP contribution in [0.1, 0.15) is 23.1 Å². The molecule has 3 aromatic carbocycles. The van der Waals surface area contributed by atoms with Gasteiger partial charge < -0.3 is 9.64 Å². The first-order valence-electron chi connectivity index (χ1n) is 11.7. The third-order valence-corrected chi connectivity index (χ3v) is 9.82. The number of fused-ring (bicyclic) bond motifs is 1. The molecule has 3 aromatic rings. The van der Waals surface area contributed by atoms with Crippen LogP contribution in [-0.4, -0.2) is 50.4 Å². The lowest BCUT2D eigenvalue weighted by atomic mass is 9.63. The van der Waals surface area contributed by atoms with Gasteiger partial charge in [0.1, 0.15) is 11.6 Å². The maximum Gasteiger partial charge on any atom is 0.155 e. The van der Waals surface area contributed by atoms with Gasteiger partial charge in [0, 0.05) is 36.4 Å². The van der Waals surface area contributed by atoms with Crippen LogP contribution in [0.5, 0.6) is 5.75 Å². The Morgan fingerprint density at radius 1 is 0.941 bits per heavy atom. The number of methoxy groups -OCH3 is 1. The minimum Gasteiger partial charge on any atom is -0.496 e. The van der Waals surface area contributed by atoms with Crippen LogP contribution in [0.4, 0.5) is 0 Å². The fraction of sp³-hybridized carbons (Fsp3) is 0.321. The number of likely N-dealkylation sites (tertiary alicyclic amines) is 1. The lowest BCUT2D eigenvalue weighted by Gasteiger charge is -2.46. The van der Waals surface area contributed by atoms with Crippen molar-refractivity contribution in [3.05, 3.63) is 102 Å². The van der Waals surface area contributed by atoms with Crippen molar-refractivity contribution in [3.8, 4) is 5.75 Å². The molecular formula is C28H30N2O3S. The van der Waals surface area contributed by atoms with Crippen molar-refractivity contribution < 1.29 is 13.2 Å². The summed E-state index contributed by atoms with van der Waals surface area (Å²) in [7, 11) is -1.63. The third kappa shape index (κ3) is 3.80. The number of hydrogen-bond donors (Lipinski definition) is 1. The summed E-state index contributed by atoms with van der Waals surface area (Å²) >= 11 is 0. The average molecular weight is 475 g/mol. The molecule has 0 aromatic heterocycles. The normalized spacial score (nSPS) is 22.7. The summed E-state index contributed by atoms with van der Waals surface area (Å²) in [5.74, 6) is 1.21. The number of para-hydroxylation sites is 1. The summed E-state index contributed by atoms with van der Waals surface area (Å²) in [6, 6.07) is 28.4. The van der Waals surface area contributed by atoms with Crippen LogP contribution < -0.4 is 4.74 Å². The summed E-state index contributed by atoms with van der Waals surface area (Å²) in [5, 5.41) is 8.39. The van der Waals surface area contributed by atoms with E-state index in [4.69, 9.17) is 10.1 Å². The smallest absolute Gasteiger partial charge is 0.155 e. The van der Waals surface area contributed by atoms with Gasteiger partial charge in [0.15, 0.2) is 9.84 Å². The van der Waals surface area contributed by atoms with E-state index in [0.717, 1.165) is 22.4 Å². The number of amidine groups is 1. The number of ether oxygens (including phenoxy) is 1. The van der Waals surface area contributed by atoms with Crippen molar-refractivity contribution in [1.29, 1.82) is 5.41 Å². The zero-order valence-corrected chi connectivity index (χ0v) is 20.2. The number of nitrogens with one attached hydrogen (secondary N) is 1. The average Bonchev–Trinajstić information content (AvgIpc) is 3.34. The van der Waals surface area contributed by atoms with Gasteiger partial charge in [-0.05, 0) is 23.6 Å². The largest absolute Gasteiger partial charge is 0.496 e. The van der Waals surface area contributed by atoms with Crippen LogP contribution in [-0.2, 0) is 21.7 Å². The van der Waals surface area contributed by atoms with Gasteiger partial charge in [-0.3, -0.25) is 5.41 Å². The Labute approximate surface area is 201 Å². The molecule has 2 atom stereocenters. The van der Waals surface area contributed by atoms with Gasteiger partial charge in [-0.2, -0.15) is 0 Å². The van der Waals surface area contributed by atoms with Crippen molar-refractivity contribution in [1.82, 2.24) is 4.90 Å². The number of rotatable bonds is 5. The van der Waals surface area contributed by atoms with Gasteiger partial charge in [0.25, 0.3) is 0 Å². The zero-order chi connectivity index (χ0) is 23.8. The first kappa shape index (κ1) is 22.7. The summed E-state index contributed by atoms with van der Waals surface area (Å²) in [5.41, 5.74) is 2.84. The number of nitrogens with zero attached hydrogens (tertiary/aromatic N) is 1. The molecule has 5 nitrogen and oxygen atoms in total. The topological polar surface area (TPSA) is 70.5 Å². The predicted octanol–water partition coefficient (Wildman–Crippen LogP) is 4.32. The van der Waals surface area contributed by atoms with Crippen molar-refractivity contribution in [2.45, 2.75) is 23.5 Å². The van der Waals surface area contributed by atoms with E-state index in [1.807, 2.05) is 65.6 Å². The highest BCUT2D eigenvalue weighted by molar-refractivity contribution is 7.92. The molecule has 0 spiro atoms. The van der Waals surface area contributed by atoms with E-state index in [2.05, 4.69) is 24.3 Å². The summed E-state index contributed by atoms with van der Waals surface area (Å²) in [6.45, 7) is 0.907. The first-order chi connectivity index (χ1) is 16.5. The van der Waals surface area contributed by atoms with Crippen LogP contribution in [0, 0.1) is 11.3 Å². The Morgan fingerprint density at radius 3 is 2.15 bits per heavy atom. The van der Waals surface area contributed by atoms with Gasteiger partial charge in [-0.25, -0.2) is 8.42 Å². The van der Waals surface area contributed by atoms with E-state index in [1.54, 1.807) is 7.11 Å². The Balaban J connectivity index is 1.54. The summed E-state index contributed by atoms with van der Waals surface area (Å²) in [4.78, 5) is 1.98. The molecule has 176 valence electrons. The van der Waals surface area contributed by atoms with Crippen molar-refractivity contribution >= 4 is 15.7 Å². The van der Waals surface area contributed by atoms with E-state index in [1.165, 1.54) is 0 Å². The molecule has 0 amide bonds. The fourth-order valence-electron chi connectivity index (χ4n) is 5.97. The van der Waals surface area contributed by atoms with Gasteiger partial charge in [-0.1, -0.05) is 78.9 Å². The van der Waals surface area contributed by atoms with Gasteiger partial charge in [0.05, 0.1) is 18.1 Å². The predicted molar refractivity (Wildman–Crippen MR) is 135 cm³/mol. The molecule has 34 heavy (non-hydrogen) atoms. The highest BCUT2D eigenvalue weighted by atomic mass is 32.2. The van der Waals surface area contributed by atoms with Gasteiger partial charge in [0.2, 0.25) is 0 Å². The highest BCUT2D eigenvalue weighted by Gasteiger charge is 2.57. The maximum absolute atomic E-state index is 13.3. The molecule has 2 heterocycles. The van der Waals surface area contributed by atoms with Crippen LogP contribution in [0.2, 0.25) is 0 Å². The van der Waals surface area contributed by atoms with Crippen LogP contribution in [0.15, 0.2) is 84.9 Å². The molecular weight excluding hydrogens is 444 g/mol. The number of hydrogen-bond acceptors (Lipinski definition) is 4. The maximum atomic E-state index is 13.3. The fourth-order valence-corrected chi connectivity index (χ4v) is 8.10. The lowest BCUT2D eigenvalue weighted by Crippen LogP contribution is -2.51. The van der Waals surface area contributed by atoms with Crippen LogP contribution >= 0.6 is 0 Å². The lowest BCUT2D eigenvalue weighted by molar-refractivity contribution is 0.303. The summed E-state index contributed by atoms with van der Waals surface area (Å²) in [6.07, 6.45) is 0.964. The second kappa shape index (κ2) is 8.91. The monoisotopic (exact) mass is 474 g/mol. The molecule has 5 rings (SSSR count). The van der Waals surface area contributed by atoms with E-state index in [9.17, 15) is 8.42 Å². The van der Waals surface area contributed by atoms with Crippen LogP contribution in [0.3, 0.4) is 0 Å². The molecule has 0 unspecified atom stereocenters. The number of benzene rings is 3. The molecule has 2 aliphatic rings. The molecule has 2 saturated heterocycles. The van der Waals surface area contributed by atoms with E-state index in [-0.39, 0.29) is 11.7 Å². The zero-order valence-electron chi connectivity index (χ0n) is 19.4. The minimum absolute atomic E-state index is 0.130. The molecule has 2 aliphatic heterocycles. The molecule has 0 aliphatic carbocycles. The molecule has 0 bridgehead atoms. The summed E-state index contributed by atoms with van der Waals surface area (Å²) < 4.78 is 32.1. The number of sulfone groups is 1. The molecule has 2 fully saturated rings. The molecule has 0 saturated carbocycles. The second-order valence-corrected chi connectivity index (χ2v) is 11.6. The van der Waals surface area contributed by atoms with E-state index in [0.29, 0.717) is 31.8 Å². The second-order valence-electron chi connectivity index (χ2n) is 9.31. The Kier molecular flexibility index (Phi) is 5.94. The van der Waals surface area contributed by atoms with Gasteiger partial charge >= 0.3 is 0 Å². The van der Waals surface area contributed by atoms with Crippen LogP contribution in [0.25, 0.3) is 0 Å². The van der Waals surface area contributed by atoms with E-state index < -0.39 is 20.5 Å². The van der Waals surface area contributed by atoms with Gasteiger partial charge in [-0.15, -0.1) is 0 Å².